The quantitative estimate of drug-likeness (QED) is 0.597. The van der Waals surface area contributed by atoms with Crippen LogP contribution >= 0.6 is 0 Å². The van der Waals surface area contributed by atoms with Crippen LogP contribution in [0.15, 0.2) is 22.6 Å². The zero-order chi connectivity index (χ0) is 21.2. The number of benzene rings is 1. The highest BCUT2D eigenvalue weighted by Gasteiger charge is 2.32. The Morgan fingerprint density at radius 1 is 1.29 bits per heavy atom. The summed E-state index contributed by atoms with van der Waals surface area (Å²) >= 11 is 0. The molecule has 1 heterocycles. The second kappa shape index (κ2) is 7.87. The van der Waals surface area contributed by atoms with Crippen LogP contribution in [0.1, 0.15) is 44.7 Å². The Kier molecular flexibility index (Phi) is 5.96. The van der Waals surface area contributed by atoms with E-state index in [0.717, 1.165) is 12.1 Å². The molecule has 0 spiro atoms. The van der Waals surface area contributed by atoms with Gasteiger partial charge in [-0.2, -0.15) is 0 Å². The lowest BCUT2D eigenvalue weighted by atomic mass is 9.82. The van der Waals surface area contributed by atoms with E-state index in [2.05, 4.69) is 10.6 Å². The maximum atomic E-state index is 13.6. The van der Waals surface area contributed by atoms with Crippen molar-refractivity contribution in [2.75, 3.05) is 5.32 Å². The van der Waals surface area contributed by atoms with Crippen LogP contribution in [0, 0.1) is 17.2 Å². The zero-order valence-electron chi connectivity index (χ0n) is 16.1. The second-order valence-corrected chi connectivity index (χ2v) is 7.97. The van der Waals surface area contributed by atoms with Crippen LogP contribution in [0.4, 0.5) is 14.9 Å². The molecule has 1 aromatic carbocycles. The number of halogens is 1. The van der Waals surface area contributed by atoms with Gasteiger partial charge in [0.1, 0.15) is 23.1 Å². The van der Waals surface area contributed by atoms with E-state index < -0.39 is 29.8 Å². The lowest BCUT2D eigenvalue weighted by Crippen LogP contribution is -2.48. The fraction of sp³-hybridized carbons (Fsp3) is 0.421. The van der Waals surface area contributed by atoms with Gasteiger partial charge in [-0.15, -0.1) is 0 Å². The van der Waals surface area contributed by atoms with E-state index in [1.807, 2.05) is 20.8 Å². The monoisotopic (exact) mass is 393 g/mol. The number of nitrogens with one attached hydrogen (secondary N) is 2. The number of nitrogens with two attached hydrogens (primary N) is 1. The summed E-state index contributed by atoms with van der Waals surface area (Å²) in [4.78, 5) is 35.7. The number of rotatable bonds is 6. The molecule has 0 aliphatic rings. The Morgan fingerprint density at radius 2 is 1.93 bits per heavy atom. The molecule has 2 rings (SSSR count). The van der Waals surface area contributed by atoms with Crippen molar-refractivity contribution in [1.29, 1.82) is 0 Å². The number of hydrogen-bond donors (Lipinski definition) is 4. The number of anilines is 1. The molecule has 0 bridgehead atoms. The van der Waals surface area contributed by atoms with Crippen LogP contribution in [0.2, 0.25) is 0 Å². The van der Waals surface area contributed by atoms with E-state index in [-0.39, 0.29) is 33.7 Å². The molecule has 0 saturated carbocycles. The topological polar surface area (TPSA) is 135 Å². The fourth-order valence-electron chi connectivity index (χ4n) is 3.25. The number of fused-ring (bicyclic) bond motifs is 1. The number of carbonyl (C=O) groups is 3. The normalized spacial score (nSPS) is 13.8. The van der Waals surface area contributed by atoms with Gasteiger partial charge in [-0.1, -0.05) is 27.7 Å². The molecule has 2 aromatic rings. The number of primary amides is 1. The Labute approximate surface area is 161 Å². The van der Waals surface area contributed by atoms with Crippen molar-refractivity contribution < 1.29 is 28.3 Å². The molecule has 0 radical (unpaired) electrons. The highest BCUT2D eigenvalue weighted by molar-refractivity contribution is 6.11. The van der Waals surface area contributed by atoms with Gasteiger partial charge < -0.3 is 25.9 Å². The average Bonchev–Trinajstić information content (AvgIpc) is 2.88. The molecule has 2 unspecified atom stereocenters. The van der Waals surface area contributed by atoms with Gasteiger partial charge in [0.2, 0.25) is 11.7 Å². The minimum atomic E-state index is -1.36. The van der Waals surface area contributed by atoms with Gasteiger partial charge >= 0.3 is 6.09 Å². The third-order valence-electron chi connectivity index (χ3n) is 4.19. The van der Waals surface area contributed by atoms with Gasteiger partial charge in [-0.25, -0.2) is 9.18 Å². The van der Waals surface area contributed by atoms with Crippen molar-refractivity contribution in [3.63, 3.8) is 0 Å². The summed E-state index contributed by atoms with van der Waals surface area (Å²) in [7, 11) is 0. The summed E-state index contributed by atoms with van der Waals surface area (Å²) in [6, 6.07) is 2.44. The molecule has 2 atom stereocenters. The summed E-state index contributed by atoms with van der Waals surface area (Å²) in [6.07, 6.45) is -0.812. The van der Waals surface area contributed by atoms with Gasteiger partial charge in [0, 0.05) is 5.39 Å². The molecule has 5 N–H and O–H groups in total. The first-order chi connectivity index (χ1) is 12.9. The van der Waals surface area contributed by atoms with Crippen LogP contribution in [-0.2, 0) is 4.79 Å². The highest BCUT2D eigenvalue weighted by atomic mass is 19.1. The maximum absolute atomic E-state index is 13.6. The molecule has 3 amide bonds. The van der Waals surface area contributed by atoms with Gasteiger partial charge in [0.25, 0.3) is 5.91 Å². The molecule has 0 fully saturated rings. The van der Waals surface area contributed by atoms with Crippen LogP contribution in [-0.4, -0.2) is 29.1 Å². The second-order valence-electron chi connectivity index (χ2n) is 7.97. The first-order valence-corrected chi connectivity index (χ1v) is 8.71. The molecule has 1 aromatic heterocycles. The SMILES string of the molecule is CC(CC(C)(C)C)C(NC(=O)O)C(=O)Nc1c(C(N)=O)oc2ccc(F)cc12. The van der Waals surface area contributed by atoms with E-state index >= 15 is 0 Å². The Hall–Kier alpha value is -3.10. The third-order valence-corrected chi connectivity index (χ3v) is 4.19. The molecule has 0 aliphatic heterocycles. The van der Waals surface area contributed by atoms with E-state index in [1.54, 1.807) is 6.92 Å². The van der Waals surface area contributed by atoms with Gasteiger partial charge in [-0.05, 0) is 36.0 Å². The van der Waals surface area contributed by atoms with Crippen molar-refractivity contribution in [2.45, 2.75) is 40.2 Å². The largest absolute Gasteiger partial charge is 0.465 e. The molecule has 9 heteroatoms. The molecule has 28 heavy (non-hydrogen) atoms. The van der Waals surface area contributed by atoms with Crippen molar-refractivity contribution in [1.82, 2.24) is 5.32 Å². The van der Waals surface area contributed by atoms with Crippen LogP contribution in [0.3, 0.4) is 0 Å². The number of carbonyl (C=O) groups excluding carboxylic acids is 2. The zero-order valence-corrected chi connectivity index (χ0v) is 16.1. The van der Waals surface area contributed by atoms with Gasteiger partial charge in [0.05, 0.1) is 0 Å². The fourth-order valence-corrected chi connectivity index (χ4v) is 3.25. The number of hydrogen-bond acceptors (Lipinski definition) is 4. The first-order valence-electron chi connectivity index (χ1n) is 8.71. The maximum Gasteiger partial charge on any atom is 0.405 e. The first kappa shape index (κ1) is 21.2. The molecule has 0 saturated heterocycles. The summed E-state index contributed by atoms with van der Waals surface area (Å²) < 4.78 is 19.0. The minimum Gasteiger partial charge on any atom is -0.465 e. The van der Waals surface area contributed by atoms with Crippen LogP contribution in [0.25, 0.3) is 11.0 Å². The number of furan rings is 1. The molecule has 0 aliphatic carbocycles. The average molecular weight is 393 g/mol. The summed E-state index contributed by atoms with van der Waals surface area (Å²) in [6.45, 7) is 7.65. The standard InChI is InChI=1S/C19H24FN3O5/c1-9(8-19(2,3)4)13(23-18(26)27)17(25)22-14-11-7-10(20)5-6-12(11)28-15(14)16(21)24/h5-7,9,13,23H,8H2,1-4H3,(H2,21,24)(H,22,25)(H,26,27). The molecular weight excluding hydrogens is 369 g/mol. The van der Waals surface area contributed by atoms with Gasteiger partial charge in [-0.3, -0.25) is 9.59 Å². The van der Waals surface area contributed by atoms with Crippen molar-refractivity contribution in [2.24, 2.45) is 17.1 Å². The van der Waals surface area contributed by atoms with Crippen LogP contribution < -0.4 is 16.4 Å². The molecular formula is C19H24FN3O5. The van der Waals surface area contributed by atoms with E-state index in [9.17, 15) is 18.8 Å². The van der Waals surface area contributed by atoms with E-state index in [4.69, 9.17) is 15.3 Å². The van der Waals surface area contributed by atoms with Gasteiger partial charge in [0.15, 0.2) is 0 Å². The highest BCUT2D eigenvalue weighted by Crippen LogP contribution is 2.32. The predicted octanol–water partition coefficient (Wildman–Crippen LogP) is 3.32. The lowest BCUT2D eigenvalue weighted by molar-refractivity contribution is -0.119. The van der Waals surface area contributed by atoms with Crippen molar-refractivity contribution >= 4 is 34.6 Å². The Morgan fingerprint density at radius 3 is 2.46 bits per heavy atom. The Balaban J connectivity index is 2.41. The smallest absolute Gasteiger partial charge is 0.405 e. The Bertz CT molecular complexity index is 916. The van der Waals surface area contributed by atoms with E-state index in [0.29, 0.717) is 6.42 Å². The van der Waals surface area contributed by atoms with Crippen molar-refractivity contribution in [3.05, 3.63) is 29.8 Å². The van der Waals surface area contributed by atoms with Crippen LogP contribution in [0.5, 0.6) is 0 Å². The summed E-state index contributed by atoms with van der Waals surface area (Å²) in [5.74, 6) is -2.94. The molecule has 8 nitrogen and oxygen atoms in total. The number of carboxylic acid groups (broad SMARTS) is 1. The summed E-state index contributed by atoms with van der Waals surface area (Å²) in [5.41, 5.74) is 5.23. The lowest BCUT2D eigenvalue weighted by Gasteiger charge is -2.29. The minimum absolute atomic E-state index is 0.0906. The third kappa shape index (κ3) is 4.99. The molecule has 152 valence electrons. The van der Waals surface area contributed by atoms with E-state index in [1.165, 1.54) is 6.07 Å². The van der Waals surface area contributed by atoms with Crippen molar-refractivity contribution in [3.8, 4) is 0 Å². The summed E-state index contributed by atoms with van der Waals surface area (Å²) in [5, 5.41) is 14.0. The predicted molar refractivity (Wildman–Crippen MR) is 102 cm³/mol. The number of amides is 3.